The molecule has 2 rings (SSSR count). The number of rotatable bonds is 6. The van der Waals surface area contributed by atoms with E-state index in [1.807, 2.05) is 0 Å². The van der Waals surface area contributed by atoms with Gasteiger partial charge < -0.3 is 18.9 Å². The van der Waals surface area contributed by atoms with Crippen molar-refractivity contribution in [2.75, 3.05) is 13.2 Å². The van der Waals surface area contributed by atoms with Crippen LogP contribution in [-0.4, -0.2) is 36.9 Å². The number of carbonyl (C=O) groups excluding carboxylic acids is 3. The number of ether oxygens (including phenoxy) is 4. The van der Waals surface area contributed by atoms with Crippen molar-refractivity contribution in [3.63, 3.8) is 0 Å². The third-order valence-electron chi connectivity index (χ3n) is 3.26. The average molecular weight is 427 g/mol. The van der Waals surface area contributed by atoms with Crippen LogP contribution in [0, 0.1) is 0 Å². The second-order valence-electron chi connectivity index (χ2n) is 5.82. The highest BCUT2D eigenvalue weighted by Gasteiger charge is 2.39. The summed E-state index contributed by atoms with van der Waals surface area (Å²) in [4.78, 5) is 35.6. The molecule has 1 aliphatic rings. The van der Waals surface area contributed by atoms with Gasteiger partial charge in [0.25, 0.3) is 5.79 Å². The van der Waals surface area contributed by atoms with Gasteiger partial charge in [-0.15, -0.1) is 0 Å². The molecule has 1 aromatic rings. The van der Waals surface area contributed by atoms with Gasteiger partial charge in [-0.1, -0.05) is 15.9 Å². The molecule has 0 aliphatic carbocycles. The van der Waals surface area contributed by atoms with E-state index in [9.17, 15) is 14.4 Å². The van der Waals surface area contributed by atoms with Gasteiger partial charge in [0.15, 0.2) is 0 Å². The Bertz CT molecular complexity index is 730. The highest BCUT2D eigenvalue weighted by atomic mass is 79.9. The van der Waals surface area contributed by atoms with E-state index in [1.54, 1.807) is 25.1 Å². The molecule has 1 saturated heterocycles. The van der Waals surface area contributed by atoms with Crippen LogP contribution in [-0.2, 0) is 28.6 Å². The van der Waals surface area contributed by atoms with E-state index in [0.29, 0.717) is 17.9 Å². The Hall–Kier alpha value is -2.35. The van der Waals surface area contributed by atoms with Crippen molar-refractivity contribution < 1.29 is 33.3 Å². The maximum atomic E-state index is 12.1. The molecule has 7 nitrogen and oxygen atoms in total. The van der Waals surface area contributed by atoms with Crippen molar-refractivity contribution in [3.05, 3.63) is 33.8 Å². The number of hydrogen-bond donors (Lipinski definition) is 0. The number of carbonyl (C=O) groups is 3. The molecule has 0 radical (unpaired) electrons. The molecule has 0 atom stereocenters. The molecule has 0 unspecified atom stereocenters. The Kier molecular flexibility index (Phi) is 6.42. The lowest BCUT2D eigenvalue weighted by Gasteiger charge is -2.29. The number of esters is 3. The molecular formula is C18H19BrO7. The van der Waals surface area contributed by atoms with Crippen LogP contribution in [0.25, 0.3) is 6.08 Å². The number of hydrogen-bond acceptors (Lipinski definition) is 7. The first kappa shape index (κ1) is 20.0. The summed E-state index contributed by atoms with van der Waals surface area (Å²) in [6, 6.07) is 5.07. The highest BCUT2D eigenvalue weighted by molar-refractivity contribution is 9.10. The molecule has 0 amide bonds. The van der Waals surface area contributed by atoms with Crippen LogP contribution in [0.3, 0.4) is 0 Å². The van der Waals surface area contributed by atoms with E-state index in [4.69, 9.17) is 18.9 Å². The van der Waals surface area contributed by atoms with E-state index in [2.05, 4.69) is 15.9 Å². The number of halogens is 1. The van der Waals surface area contributed by atoms with Crippen LogP contribution >= 0.6 is 15.9 Å². The molecule has 140 valence electrons. The van der Waals surface area contributed by atoms with Crippen molar-refractivity contribution in [1.29, 1.82) is 0 Å². The van der Waals surface area contributed by atoms with Crippen LogP contribution in [0.1, 0.15) is 32.8 Å². The maximum Gasteiger partial charge on any atom is 0.348 e. The Balaban J connectivity index is 2.20. The lowest BCUT2D eigenvalue weighted by atomic mass is 10.1. The Morgan fingerprint density at radius 3 is 2.50 bits per heavy atom. The Morgan fingerprint density at radius 2 is 1.88 bits per heavy atom. The minimum absolute atomic E-state index is 0.0815. The zero-order chi connectivity index (χ0) is 19.3. The third kappa shape index (κ3) is 5.32. The largest absolute Gasteiger partial charge is 0.492 e. The molecule has 0 aromatic heterocycles. The van der Waals surface area contributed by atoms with Crippen molar-refractivity contribution in [2.24, 2.45) is 0 Å². The van der Waals surface area contributed by atoms with E-state index in [-0.39, 0.29) is 24.6 Å². The minimum Gasteiger partial charge on any atom is -0.492 e. The Labute approximate surface area is 159 Å². The predicted octanol–water partition coefficient (Wildman–Crippen LogP) is 3.00. The minimum atomic E-state index is -1.30. The van der Waals surface area contributed by atoms with Gasteiger partial charge in [0.1, 0.15) is 11.3 Å². The topological polar surface area (TPSA) is 88.1 Å². The standard InChI is InChI=1S/C18H19BrO7/c1-4-23-15(20)7-8-24-14-6-5-12(19)9-11(14)10-13-16(21)25-18(2,3)26-17(13)22/h5-6,9-10H,4,7-8H2,1-3H3. The summed E-state index contributed by atoms with van der Waals surface area (Å²) < 4.78 is 21.3. The monoisotopic (exact) mass is 426 g/mol. The molecule has 1 aromatic carbocycles. The summed E-state index contributed by atoms with van der Waals surface area (Å²) in [6.45, 7) is 5.07. The predicted molar refractivity (Wildman–Crippen MR) is 95.1 cm³/mol. The quantitative estimate of drug-likeness (QED) is 0.392. The van der Waals surface area contributed by atoms with Crippen molar-refractivity contribution in [1.82, 2.24) is 0 Å². The normalized spacial score (nSPS) is 15.8. The summed E-state index contributed by atoms with van der Waals surface area (Å²) in [5.41, 5.74) is 0.226. The van der Waals surface area contributed by atoms with Gasteiger partial charge in [-0.3, -0.25) is 4.79 Å². The summed E-state index contributed by atoms with van der Waals surface area (Å²) in [7, 11) is 0. The summed E-state index contributed by atoms with van der Waals surface area (Å²) in [6.07, 6.45) is 1.42. The van der Waals surface area contributed by atoms with Gasteiger partial charge in [0.05, 0.1) is 19.6 Å². The first-order valence-corrected chi connectivity index (χ1v) is 8.77. The second-order valence-corrected chi connectivity index (χ2v) is 6.74. The summed E-state index contributed by atoms with van der Waals surface area (Å²) in [5.74, 6) is -2.82. The number of cyclic esters (lactones) is 2. The van der Waals surface area contributed by atoms with Gasteiger partial charge in [-0.2, -0.15) is 0 Å². The van der Waals surface area contributed by atoms with Gasteiger partial charge in [0.2, 0.25) is 0 Å². The fourth-order valence-electron chi connectivity index (χ4n) is 2.17. The van der Waals surface area contributed by atoms with Crippen LogP contribution in [0.5, 0.6) is 5.75 Å². The first-order valence-electron chi connectivity index (χ1n) is 7.98. The maximum absolute atomic E-state index is 12.1. The lowest BCUT2D eigenvalue weighted by molar-refractivity contribution is -0.222. The van der Waals surface area contributed by atoms with Crippen molar-refractivity contribution >= 4 is 39.9 Å². The lowest BCUT2D eigenvalue weighted by Crippen LogP contribution is -2.41. The highest BCUT2D eigenvalue weighted by Crippen LogP contribution is 2.29. The second kappa shape index (κ2) is 8.35. The Morgan fingerprint density at radius 1 is 1.23 bits per heavy atom. The third-order valence-corrected chi connectivity index (χ3v) is 3.75. The van der Waals surface area contributed by atoms with E-state index >= 15 is 0 Å². The van der Waals surface area contributed by atoms with Crippen LogP contribution < -0.4 is 4.74 Å². The van der Waals surface area contributed by atoms with E-state index in [0.717, 1.165) is 4.47 Å². The molecule has 8 heteroatoms. The zero-order valence-electron chi connectivity index (χ0n) is 14.7. The van der Waals surface area contributed by atoms with E-state index < -0.39 is 17.7 Å². The van der Waals surface area contributed by atoms with Gasteiger partial charge in [0, 0.05) is 23.9 Å². The van der Waals surface area contributed by atoms with Crippen molar-refractivity contribution in [2.45, 2.75) is 33.0 Å². The van der Waals surface area contributed by atoms with E-state index in [1.165, 1.54) is 19.9 Å². The number of benzene rings is 1. The summed E-state index contributed by atoms with van der Waals surface area (Å²) in [5, 5.41) is 0. The molecule has 26 heavy (non-hydrogen) atoms. The average Bonchev–Trinajstić information content (AvgIpc) is 2.52. The molecule has 0 saturated carbocycles. The molecule has 1 aliphatic heterocycles. The molecule has 0 N–H and O–H groups in total. The zero-order valence-corrected chi connectivity index (χ0v) is 16.3. The van der Waals surface area contributed by atoms with Crippen LogP contribution in [0.15, 0.2) is 28.2 Å². The molecular weight excluding hydrogens is 408 g/mol. The SMILES string of the molecule is CCOC(=O)CCOc1ccc(Br)cc1C=C1C(=O)OC(C)(C)OC1=O. The molecule has 1 fully saturated rings. The van der Waals surface area contributed by atoms with Crippen LogP contribution in [0.4, 0.5) is 0 Å². The smallest absolute Gasteiger partial charge is 0.348 e. The first-order chi connectivity index (χ1) is 12.2. The fraction of sp³-hybridized carbons (Fsp3) is 0.389. The van der Waals surface area contributed by atoms with Crippen molar-refractivity contribution in [3.8, 4) is 5.75 Å². The van der Waals surface area contributed by atoms with Gasteiger partial charge >= 0.3 is 17.9 Å². The molecule has 0 bridgehead atoms. The summed E-state index contributed by atoms with van der Waals surface area (Å²) >= 11 is 3.33. The molecule has 0 spiro atoms. The van der Waals surface area contributed by atoms with Gasteiger partial charge in [-0.25, -0.2) is 9.59 Å². The van der Waals surface area contributed by atoms with Gasteiger partial charge in [-0.05, 0) is 31.2 Å². The van der Waals surface area contributed by atoms with Crippen LogP contribution in [0.2, 0.25) is 0 Å². The molecule has 1 heterocycles. The fourth-order valence-corrected chi connectivity index (χ4v) is 2.55.